The second kappa shape index (κ2) is 5.31. The van der Waals surface area contributed by atoms with Crippen molar-refractivity contribution in [2.24, 2.45) is 7.05 Å². The number of nitrogens with zero attached hydrogens (tertiary/aromatic N) is 3. The molecule has 112 valence electrons. The summed E-state index contributed by atoms with van der Waals surface area (Å²) in [7, 11) is -1.69. The van der Waals surface area contributed by atoms with Gasteiger partial charge in [0.2, 0.25) is 0 Å². The Labute approximate surface area is 127 Å². The van der Waals surface area contributed by atoms with Crippen molar-refractivity contribution in [1.29, 1.82) is 0 Å². The SMILES string of the molecule is Cn1cnc(CS(=O)(=O)Cc2cc(Cl)cc3c2OCC3)n1. The van der Waals surface area contributed by atoms with Gasteiger partial charge in [-0.15, -0.1) is 0 Å². The minimum atomic E-state index is -3.39. The van der Waals surface area contributed by atoms with E-state index in [0.717, 1.165) is 12.0 Å². The van der Waals surface area contributed by atoms with E-state index in [-0.39, 0.29) is 17.3 Å². The third kappa shape index (κ3) is 3.19. The molecule has 2 heterocycles. The number of aromatic nitrogens is 3. The van der Waals surface area contributed by atoms with Gasteiger partial charge in [-0.3, -0.25) is 4.68 Å². The number of fused-ring (bicyclic) bond motifs is 1. The predicted molar refractivity (Wildman–Crippen MR) is 78.0 cm³/mol. The second-order valence-corrected chi connectivity index (χ2v) is 7.52. The molecule has 0 saturated heterocycles. The van der Waals surface area contributed by atoms with Crippen molar-refractivity contribution >= 4 is 21.4 Å². The van der Waals surface area contributed by atoms with Gasteiger partial charge in [-0.05, 0) is 17.7 Å². The molecule has 0 saturated carbocycles. The zero-order valence-electron chi connectivity index (χ0n) is 11.4. The molecule has 0 radical (unpaired) electrons. The third-order valence-corrected chi connectivity index (χ3v) is 4.86. The number of aryl methyl sites for hydroxylation is 1. The summed E-state index contributed by atoms with van der Waals surface area (Å²) in [6.45, 7) is 0.560. The summed E-state index contributed by atoms with van der Waals surface area (Å²) in [5.41, 5.74) is 1.56. The summed E-state index contributed by atoms with van der Waals surface area (Å²) >= 11 is 6.04. The van der Waals surface area contributed by atoms with E-state index < -0.39 is 9.84 Å². The minimum Gasteiger partial charge on any atom is -0.493 e. The largest absolute Gasteiger partial charge is 0.493 e. The fraction of sp³-hybridized carbons (Fsp3) is 0.385. The van der Waals surface area contributed by atoms with Gasteiger partial charge in [0.15, 0.2) is 15.7 Å². The van der Waals surface area contributed by atoms with Crippen LogP contribution in [0.5, 0.6) is 5.75 Å². The van der Waals surface area contributed by atoms with E-state index in [0.29, 0.717) is 22.9 Å². The maximum absolute atomic E-state index is 12.3. The number of rotatable bonds is 4. The van der Waals surface area contributed by atoms with Gasteiger partial charge >= 0.3 is 0 Å². The number of hydrogen-bond acceptors (Lipinski definition) is 5. The van der Waals surface area contributed by atoms with Crippen LogP contribution in [-0.2, 0) is 34.8 Å². The Morgan fingerprint density at radius 1 is 1.38 bits per heavy atom. The van der Waals surface area contributed by atoms with Crippen molar-refractivity contribution < 1.29 is 13.2 Å². The van der Waals surface area contributed by atoms with E-state index in [9.17, 15) is 8.42 Å². The first-order valence-electron chi connectivity index (χ1n) is 6.42. The second-order valence-electron chi connectivity index (χ2n) is 5.02. The van der Waals surface area contributed by atoms with Crippen molar-refractivity contribution in [2.45, 2.75) is 17.9 Å². The lowest BCUT2D eigenvalue weighted by Gasteiger charge is -2.09. The lowest BCUT2D eigenvalue weighted by molar-refractivity contribution is 0.354. The van der Waals surface area contributed by atoms with Crippen LogP contribution in [0.3, 0.4) is 0 Å². The highest BCUT2D eigenvalue weighted by atomic mass is 35.5. The van der Waals surface area contributed by atoms with Crippen LogP contribution < -0.4 is 4.74 Å². The van der Waals surface area contributed by atoms with Crippen molar-refractivity contribution in [3.63, 3.8) is 0 Å². The Morgan fingerprint density at radius 3 is 2.90 bits per heavy atom. The Hall–Kier alpha value is -1.60. The molecule has 0 atom stereocenters. The first kappa shape index (κ1) is 14.3. The highest BCUT2D eigenvalue weighted by Crippen LogP contribution is 2.34. The van der Waals surface area contributed by atoms with Crippen LogP contribution in [0.15, 0.2) is 18.5 Å². The molecule has 21 heavy (non-hydrogen) atoms. The molecule has 1 aromatic carbocycles. The van der Waals surface area contributed by atoms with E-state index in [1.807, 2.05) is 6.07 Å². The topological polar surface area (TPSA) is 74.1 Å². The smallest absolute Gasteiger partial charge is 0.165 e. The molecule has 0 aliphatic carbocycles. The number of ether oxygens (including phenoxy) is 1. The Morgan fingerprint density at radius 2 is 2.19 bits per heavy atom. The Balaban J connectivity index is 1.86. The number of benzene rings is 1. The summed E-state index contributed by atoms with van der Waals surface area (Å²) < 4.78 is 31.6. The molecule has 1 aliphatic rings. The molecular weight excluding hydrogens is 314 g/mol. The van der Waals surface area contributed by atoms with Gasteiger partial charge in [-0.25, -0.2) is 13.4 Å². The van der Waals surface area contributed by atoms with Crippen LogP contribution in [0.2, 0.25) is 5.02 Å². The first-order chi connectivity index (χ1) is 9.93. The molecule has 6 nitrogen and oxygen atoms in total. The van der Waals surface area contributed by atoms with Gasteiger partial charge in [0.1, 0.15) is 17.8 Å². The molecule has 0 fully saturated rings. The molecule has 1 aliphatic heterocycles. The van der Waals surface area contributed by atoms with E-state index in [4.69, 9.17) is 16.3 Å². The minimum absolute atomic E-state index is 0.131. The molecule has 0 unspecified atom stereocenters. The number of sulfone groups is 1. The first-order valence-corrected chi connectivity index (χ1v) is 8.62. The van der Waals surface area contributed by atoms with Gasteiger partial charge in [0.25, 0.3) is 0 Å². The van der Waals surface area contributed by atoms with Gasteiger partial charge < -0.3 is 4.74 Å². The van der Waals surface area contributed by atoms with Crippen molar-refractivity contribution in [3.8, 4) is 5.75 Å². The average Bonchev–Trinajstić information content (AvgIpc) is 2.97. The van der Waals surface area contributed by atoms with E-state index in [1.54, 1.807) is 13.1 Å². The van der Waals surface area contributed by atoms with Crippen LogP contribution in [0, 0.1) is 0 Å². The lowest BCUT2D eigenvalue weighted by Crippen LogP contribution is -2.10. The van der Waals surface area contributed by atoms with Crippen molar-refractivity contribution in [1.82, 2.24) is 14.8 Å². The molecule has 8 heteroatoms. The van der Waals surface area contributed by atoms with Crippen LogP contribution >= 0.6 is 11.6 Å². The lowest BCUT2D eigenvalue weighted by atomic mass is 10.1. The molecule has 3 rings (SSSR count). The normalized spacial score (nSPS) is 14.0. The van der Waals surface area contributed by atoms with Gasteiger partial charge in [-0.1, -0.05) is 11.6 Å². The zero-order chi connectivity index (χ0) is 15.0. The van der Waals surface area contributed by atoms with Gasteiger partial charge in [0, 0.05) is 24.1 Å². The Kier molecular flexibility index (Phi) is 3.62. The quantitative estimate of drug-likeness (QED) is 0.851. The van der Waals surface area contributed by atoms with E-state index in [1.165, 1.54) is 11.0 Å². The highest BCUT2D eigenvalue weighted by Gasteiger charge is 2.23. The van der Waals surface area contributed by atoms with Gasteiger partial charge in [0.05, 0.1) is 12.4 Å². The van der Waals surface area contributed by atoms with Crippen LogP contribution in [0.25, 0.3) is 0 Å². The summed E-state index contributed by atoms with van der Waals surface area (Å²) in [5, 5.41) is 4.52. The molecule has 2 aromatic rings. The molecular formula is C13H14ClN3O3S. The summed E-state index contributed by atoms with van der Waals surface area (Å²) in [6.07, 6.45) is 2.23. The average molecular weight is 328 g/mol. The van der Waals surface area contributed by atoms with Crippen molar-refractivity contribution in [2.75, 3.05) is 6.61 Å². The molecule has 1 aromatic heterocycles. The van der Waals surface area contributed by atoms with Crippen LogP contribution in [0.1, 0.15) is 17.0 Å². The summed E-state index contributed by atoms with van der Waals surface area (Å²) in [5.74, 6) is 0.609. The molecule has 0 N–H and O–H groups in total. The molecule has 0 amide bonds. The summed E-state index contributed by atoms with van der Waals surface area (Å²) in [4.78, 5) is 3.95. The van der Waals surface area contributed by atoms with Crippen molar-refractivity contribution in [3.05, 3.63) is 40.4 Å². The maximum Gasteiger partial charge on any atom is 0.165 e. The van der Waals surface area contributed by atoms with Crippen LogP contribution in [-0.4, -0.2) is 29.8 Å². The number of hydrogen-bond donors (Lipinski definition) is 0. The molecule has 0 spiro atoms. The predicted octanol–water partition coefficient (Wildman–Crippen LogP) is 1.52. The standard InChI is InChI=1S/C13H14ClN3O3S/c1-17-8-15-12(16-17)7-21(18,19)6-10-5-11(14)4-9-2-3-20-13(9)10/h4-5,8H,2-3,6-7H2,1H3. The fourth-order valence-corrected chi connectivity index (χ4v) is 3.97. The van der Waals surface area contributed by atoms with E-state index >= 15 is 0 Å². The van der Waals surface area contributed by atoms with Gasteiger partial charge in [-0.2, -0.15) is 5.10 Å². The zero-order valence-corrected chi connectivity index (χ0v) is 13.0. The fourth-order valence-electron chi connectivity index (χ4n) is 2.39. The van der Waals surface area contributed by atoms with E-state index in [2.05, 4.69) is 10.1 Å². The highest BCUT2D eigenvalue weighted by molar-refractivity contribution is 7.89. The monoisotopic (exact) mass is 327 g/mol. The Bertz CT molecular complexity index is 786. The third-order valence-electron chi connectivity index (χ3n) is 3.20. The maximum atomic E-state index is 12.3. The molecule has 0 bridgehead atoms. The summed E-state index contributed by atoms with van der Waals surface area (Å²) in [6, 6.07) is 3.47. The van der Waals surface area contributed by atoms with Crippen LogP contribution in [0.4, 0.5) is 0 Å². The number of halogens is 1.